The number of ether oxygens (including phenoxy) is 1. The standard InChI is InChI=1S/C13H17NO3/c1-3-14(10-12(15)17-4-2)13(16)11-8-6-5-7-9-11/h5-9H,3-4,10H2,1-2H3. The summed E-state index contributed by atoms with van der Waals surface area (Å²) in [4.78, 5) is 24.8. The Morgan fingerprint density at radius 3 is 2.35 bits per heavy atom. The van der Waals surface area contributed by atoms with E-state index in [4.69, 9.17) is 4.74 Å². The van der Waals surface area contributed by atoms with E-state index in [0.717, 1.165) is 0 Å². The van der Waals surface area contributed by atoms with E-state index in [9.17, 15) is 9.59 Å². The lowest BCUT2D eigenvalue weighted by molar-refractivity contribution is -0.143. The normalized spacial score (nSPS) is 9.76. The van der Waals surface area contributed by atoms with Crippen LogP contribution in [0.5, 0.6) is 0 Å². The molecule has 0 aliphatic carbocycles. The Kier molecular flexibility index (Phi) is 5.20. The van der Waals surface area contributed by atoms with Crippen molar-refractivity contribution in [1.29, 1.82) is 0 Å². The van der Waals surface area contributed by atoms with Crippen molar-refractivity contribution in [2.75, 3.05) is 19.7 Å². The van der Waals surface area contributed by atoms with Crippen molar-refractivity contribution in [2.24, 2.45) is 0 Å². The monoisotopic (exact) mass is 235 g/mol. The fourth-order valence-electron chi connectivity index (χ4n) is 1.45. The second-order valence-corrected chi connectivity index (χ2v) is 3.49. The molecule has 1 amide bonds. The van der Waals surface area contributed by atoms with Crippen molar-refractivity contribution in [1.82, 2.24) is 4.90 Å². The van der Waals surface area contributed by atoms with Crippen molar-refractivity contribution < 1.29 is 14.3 Å². The zero-order valence-corrected chi connectivity index (χ0v) is 10.2. The van der Waals surface area contributed by atoms with Crippen LogP contribution in [-0.4, -0.2) is 36.5 Å². The number of hydrogen-bond acceptors (Lipinski definition) is 3. The molecule has 17 heavy (non-hydrogen) atoms. The number of esters is 1. The predicted molar refractivity (Wildman–Crippen MR) is 64.7 cm³/mol. The Balaban J connectivity index is 2.68. The number of likely N-dealkylation sites (N-methyl/N-ethyl adjacent to an activating group) is 1. The van der Waals surface area contributed by atoms with Crippen LogP contribution in [0.4, 0.5) is 0 Å². The van der Waals surface area contributed by atoms with E-state index in [0.29, 0.717) is 18.7 Å². The van der Waals surface area contributed by atoms with Gasteiger partial charge in [-0.1, -0.05) is 18.2 Å². The first kappa shape index (κ1) is 13.2. The highest BCUT2D eigenvalue weighted by atomic mass is 16.5. The number of carbonyl (C=O) groups excluding carboxylic acids is 2. The first-order valence-corrected chi connectivity index (χ1v) is 5.69. The maximum Gasteiger partial charge on any atom is 0.325 e. The minimum atomic E-state index is -0.376. The van der Waals surface area contributed by atoms with Crippen LogP contribution in [0, 0.1) is 0 Å². The molecular weight excluding hydrogens is 218 g/mol. The maximum atomic E-state index is 12.0. The van der Waals surface area contributed by atoms with E-state index in [1.54, 1.807) is 31.2 Å². The third kappa shape index (κ3) is 3.90. The lowest BCUT2D eigenvalue weighted by Crippen LogP contribution is -2.36. The summed E-state index contributed by atoms with van der Waals surface area (Å²) in [6.07, 6.45) is 0. The van der Waals surface area contributed by atoms with Crippen LogP contribution in [0.2, 0.25) is 0 Å². The molecule has 0 N–H and O–H groups in total. The minimum absolute atomic E-state index is 0.00192. The molecule has 0 aliphatic rings. The summed E-state index contributed by atoms with van der Waals surface area (Å²) in [5, 5.41) is 0. The van der Waals surface area contributed by atoms with Crippen LogP contribution in [0.3, 0.4) is 0 Å². The van der Waals surface area contributed by atoms with E-state index in [1.807, 2.05) is 13.0 Å². The number of rotatable bonds is 5. The molecule has 1 aromatic carbocycles. The van der Waals surface area contributed by atoms with Gasteiger partial charge in [0.25, 0.3) is 5.91 Å². The molecule has 0 aliphatic heterocycles. The van der Waals surface area contributed by atoms with Gasteiger partial charge in [-0.05, 0) is 26.0 Å². The molecule has 0 atom stereocenters. The summed E-state index contributed by atoms with van der Waals surface area (Å²) < 4.78 is 4.83. The van der Waals surface area contributed by atoms with E-state index in [2.05, 4.69) is 0 Å². The van der Waals surface area contributed by atoms with Crippen LogP contribution in [0.25, 0.3) is 0 Å². The van der Waals surface area contributed by atoms with Crippen LogP contribution in [0.15, 0.2) is 30.3 Å². The van der Waals surface area contributed by atoms with Gasteiger partial charge in [-0.25, -0.2) is 0 Å². The minimum Gasteiger partial charge on any atom is -0.465 e. The number of amides is 1. The van der Waals surface area contributed by atoms with Gasteiger partial charge in [0.05, 0.1) is 6.61 Å². The van der Waals surface area contributed by atoms with Crippen LogP contribution in [-0.2, 0) is 9.53 Å². The molecule has 1 rings (SSSR count). The molecule has 0 heterocycles. The van der Waals surface area contributed by atoms with Gasteiger partial charge in [-0.15, -0.1) is 0 Å². The Morgan fingerprint density at radius 1 is 1.18 bits per heavy atom. The molecule has 0 unspecified atom stereocenters. The average Bonchev–Trinajstić information content (AvgIpc) is 2.36. The van der Waals surface area contributed by atoms with Gasteiger partial charge in [0, 0.05) is 12.1 Å². The second-order valence-electron chi connectivity index (χ2n) is 3.49. The molecule has 0 saturated heterocycles. The SMILES string of the molecule is CCOC(=O)CN(CC)C(=O)c1ccccc1. The van der Waals surface area contributed by atoms with Crippen molar-refractivity contribution >= 4 is 11.9 Å². The summed E-state index contributed by atoms with van der Waals surface area (Å²) in [5.41, 5.74) is 0.582. The fourth-order valence-corrected chi connectivity index (χ4v) is 1.45. The van der Waals surface area contributed by atoms with E-state index in [-0.39, 0.29) is 18.4 Å². The van der Waals surface area contributed by atoms with Crippen LogP contribution < -0.4 is 0 Å². The molecule has 0 radical (unpaired) electrons. The fraction of sp³-hybridized carbons (Fsp3) is 0.385. The van der Waals surface area contributed by atoms with Gasteiger partial charge >= 0.3 is 5.97 Å². The second kappa shape index (κ2) is 6.68. The third-order valence-corrected chi connectivity index (χ3v) is 2.31. The maximum absolute atomic E-state index is 12.0. The van der Waals surface area contributed by atoms with Crippen molar-refractivity contribution in [3.05, 3.63) is 35.9 Å². The summed E-state index contributed by atoms with van der Waals surface area (Å²) in [5.74, 6) is -0.528. The number of benzene rings is 1. The summed E-state index contributed by atoms with van der Waals surface area (Å²) in [6.45, 7) is 4.38. The smallest absolute Gasteiger partial charge is 0.325 e. The Labute approximate surface area is 101 Å². The van der Waals surface area contributed by atoms with E-state index < -0.39 is 0 Å². The number of carbonyl (C=O) groups is 2. The van der Waals surface area contributed by atoms with E-state index in [1.165, 1.54) is 4.90 Å². The predicted octanol–water partition coefficient (Wildman–Crippen LogP) is 1.71. The van der Waals surface area contributed by atoms with Crippen molar-refractivity contribution in [3.63, 3.8) is 0 Å². The molecule has 0 fully saturated rings. The first-order valence-electron chi connectivity index (χ1n) is 5.69. The highest BCUT2D eigenvalue weighted by Crippen LogP contribution is 2.04. The topological polar surface area (TPSA) is 46.6 Å². The Hall–Kier alpha value is -1.84. The van der Waals surface area contributed by atoms with Crippen molar-refractivity contribution in [2.45, 2.75) is 13.8 Å². The summed E-state index contributed by atoms with van der Waals surface area (Å²) in [7, 11) is 0. The number of nitrogens with zero attached hydrogens (tertiary/aromatic N) is 1. The van der Waals surface area contributed by atoms with Gasteiger partial charge in [0.1, 0.15) is 6.54 Å². The van der Waals surface area contributed by atoms with Gasteiger partial charge < -0.3 is 9.64 Å². The molecule has 0 aromatic heterocycles. The van der Waals surface area contributed by atoms with Gasteiger partial charge in [0.15, 0.2) is 0 Å². The Bertz CT molecular complexity index is 376. The molecular formula is C13H17NO3. The van der Waals surface area contributed by atoms with Gasteiger partial charge in [0.2, 0.25) is 0 Å². The van der Waals surface area contributed by atoms with Crippen LogP contribution >= 0.6 is 0 Å². The highest BCUT2D eigenvalue weighted by Gasteiger charge is 2.17. The lowest BCUT2D eigenvalue weighted by Gasteiger charge is -2.19. The van der Waals surface area contributed by atoms with Crippen LogP contribution in [0.1, 0.15) is 24.2 Å². The van der Waals surface area contributed by atoms with E-state index >= 15 is 0 Å². The first-order chi connectivity index (χ1) is 8.19. The summed E-state index contributed by atoms with van der Waals surface area (Å²) >= 11 is 0. The van der Waals surface area contributed by atoms with Gasteiger partial charge in [-0.2, -0.15) is 0 Å². The average molecular weight is 235 g/mol. The molecule has 4 nitrogen and oxygen atoms in total. The third-order valence-electron chi connectivity index (χ3n) is 2.31. The molecule has 0 bridgehead atoms. The zero-order valence-electron chi connectivity index (χ0n) is 10.2. The summed E-state index contributed by atoms with van der Waals surface area (Å²) in [6, 6.07) is 8.90. The van der Waals surface area contributed by atoms with Gasteiger partial charge in [-0.3, -0.25) is 9.59 Å². The van der Waals surface area contributed by atoms with Crippen molar-refractivity contribution in [3.8, 4) is 0 Å². The molecule has 0 spiro atoms. The quantitative estimate of drug-likeness (QED) is 0.730. The largest absolute Gasteiger partial charge is 0.465 e. The zero-order chi connectivity index (χ0) is 12.7. The highest BCUT2D eigenvalue weighted by molar-refractivity contribution is 5.95. The number of hydrogen-bond donors (Lipinski definition) is 0. The lowest BCUT2D eigenvalue weighted by atomic mass is 10.2. The molecule has 4 heteroatoms. The molecule has 92 valence electrons. The Morgan fingerprint density at radius 2 is 1.82 bits per heavy atom. The molecule has 1 aromatic rings. The molecule has 0 saturated carbocycles.